The van der Waals surface area contributed by atoms with Gasteiger partial charge in [-0.25, -0.2) is 0 Å². The molecule has 3 rings (SSSR count). The Hall–Kier alpha value is -2.65. The van der Waals surface area contributed by atoms with Crippen LogP contribution in [0.3, 0.4) is 0 Å². The van der Waals surface area contributed by atoms with Crippen LogP contribution in [0.5, 0.6) is 0 Å². The maximum Gasteiger partial charge on any atom is 0.224 e. The fourth-order valence-electron chi connectivity index (χ4n) is 2.05. The Morgan fingerprint density at radius 3 is 2.36 bits per heavy atom. The van der Waals surface area contributed by atoms with Gasteiger partial charge >= 0.3 is 0 Å². The average Bonchev–Trinajstić information content (AvgIpc) is 2.90. The van der Waals surface area contributed by atoms with Crippen LogP contribution in [0.1, 0.15) is 15.9 Å². The van der Waals surface area contributed by atoms with E-state index >= 15 is 0 Å². The molecule has 2 aromatic rings. The van der Waals surface area contributed by atoms with Crippen LogP contribution in [-0.4, -0.2) is 11.6 Å². The molecule has 0 unspecified atom stereocenters. The van der Waals surface area contributed by atoms with Crippen molar-refractivity contribution in [2.75, 3.05) is 0 Å². The zero-order chi connectivity index (χ0) is 15.5. The molecular formula is C18H11ClO3. The molecule has 1 aliphatic heterocycles. The fourth-order valence-corrected chi connectivity index (χ4v) is 2.18. The maximum absolute atomic E-state index is 12.1. The predicted octanol–water partition coefficient (Wildman–Crippen LogP) is 4.05. The third-order valence-corrected chi connectivity index (χ3v) is 3.43. The second-order valence-corrected chi connectivity index (χ2v) is 5.16. The van der Waals surface area contributed by atoms with Crippen molar-refractivity contribution in [3.8, 4) is 0 Å². The number of ether oxygens (including phenoxy) is 1. The molecule has 0 N–H and O–H groups in total. The number of halogens is 1. The Kier molecular flexibility index (Phi) is 3.90. The van der Waals surface area contributed by atoms with E-state index in [9.17, 15) is 9.59 Å². The zero-order valence-corrected chi connectivity index (χ0v) is 12.2. The minimum Gasteiger partial charge on any atom is -0.452 e. The predicted molar refractivity (Wildman–Crippen MR) is 84.4 cm³/mol. The lowest BCUT2D eigenvalue weighted by Crippen LogP contribution is -2.01. The summed E-state index contributed by atoms with van der Waals surface area (Å²) in [5, 5.41) is 0.547. The summed E-state index contributed by atoms with van der Waals surface area (Å²) >= 11 is 5.78. The van der Waals surface area contributed by atoms with Crippen molar-refractivity contribution in [3.63, 3.8) is 0 Å². The number of allylic oxidation sites excluding steroid dienone is 2. The highest BCUT2D eigenvalue weighted by atomic mass is 35.5. The van der Waals surface area contributed by atoms with Crippen molar-refractivity contribution >= 4 is 28.9 Å². The van der Waals surface area contributed by atoms with Crippen LogP contribution in [-0.2, 0) is 9.53 Å². The summed E-state index contributed by atoms with van der Waals surface area (Å²) < 4.78 is 5.50. The van der Waals surface area contributed by atoms with Crippen molar-refractivity contribution in [1.82, 2.24) is 0 Å². The third kappa shape index (κ3) is 3.00. The Bertz CT molecular complexity index is 787. The quantitative estimate of drug-likeness (QED) is 0.634. The van der Waals surface area contributed by atoms with E-state index in [0.29, 0.717) is 16.3 Å². The summed E-state index contributed by atoms with van der Waals surface area (Å²) in [5.74, 6) is -0.150. The lowest BCUT2D eigenvalue weighted by Gasteiger charge is -2.03. The van der Waals surface area contributed by atoms with Crippen LogP contribution in [0, 0.1) is 0 Å². The number of carbonyl (C=O) groups is 2. The molecule has 22 heavy (non-hydrogen) atoms. The van der Waals surface area contributed by atoms with E-state index in [1.54, 1.807) is 24.3 Å². The molecule has 0 spiro atoms. The van der Waals surface area contributed by atoms with E-state index in [1.165, 1.54) is 12.2 Å². The molecule has 1 aliphatic rings. The molecule has 0 amide bonds. The second kappa shape index (κ2) is 6.00. The number of benzene rings is 2. The first-order valence-electron chi connectivity index (χ1n) is 6.64. The van der Waals surface area contributed by atoms with Crippen LogP contribution in [0.4, 0.5) is 0 Å². The molecule has 0 saturated heterocycles. The Labute approximate surface area is 132 Å². The molecule has 3 nitrogen and oxygen atoms in total. The summed E-state index contributed by atoms with van der Waals surface area (Å²) in [6.07, 6.45) is 2.59. The summed E-state index contributed by atoms with van der Waals surface area (Å²) in [6, 6.07) is 15.7. The summed E-state index contributed by atoms with van der Waals surface area (Å²) in [6.45, 7) is 0. The summed E-state index contributed by atoms with van der Waals surface area (Å²) in [5.41, 5.74) is 1.24. The molecule has 108 valence electrons. The minimum absolute atomic E-state index is 0.0267. The molecule has 0 aromatic heterocycles. The summed E-state index contributed by atoms with van der Waals surface area (Å²) in [4.78, 5) is 24.1. The maximum atomic E-state index is 12.1. The van der Waals surface area contributed by atoms with Crippen molar-refractivity contribution in [2.24, 2.45) is 0 Å². The first-order valence-corrected chi connectivity index (χ1v) is 7.02. The molecule has 0 saturated carbocycles. The van der Waals surface area contributed by atoms with Gasteiger partial charge in [0.05, 0.1) is 0 Å². The number of hydrogen-bond acceptors (Lipinski definition) is 3. The Morgan fingerprint density at radius 2 is 1.68 bits per heavy atom. The van der Waals surface area contributed by atoms with E-state index in [2.05, 4.69) is 0 Å². The molecule has 0 bridgehead atoms. The van der Waals surface area contributed by atoms with Gasteiger partial charge in [-0.1, -0.05) is 41.9 Å². The normalized spacial score (nSPS) is 15.6. The molecule has 2 aromatic carbocycles. The lowest BCUT2D eigenvalue weighted by molar-refractivity contribution is -0.112. The highest BCUT2D eigenvalue weighted by Gasteiger charge is 2.23. The highest BCUT2D eigenvalue weighted by molar-refractivity contribution is 6.30. The van der Waals surface area contributed by atoms with Crippen LogP contribution in [0.25, 0.3) is 5.76 Å². The number of ketones is 2. The molecule has 0 aliphatic carbocycles. The van der Waals surface area contributed by atoms with Crippen molar-refractivity contribution < 1.29 is 14.3 Å². The van der Waals surface area contributed by atoms with Crippen LogP contribution in [0.15, 0.2) is 72.5 Å². The van der Waals surface area contributed by atoms with E-state index in [0.717, 1.165) is 5.56 Å². The fraction of sp³-hybridized carbons (Fsp3) is 0. The van der Waals surface area contributed by atoms with Gasteiger partial charge in [0.2, 0.25) is 5.78 Å². The monoisotopic (exact) mass is 310 g/mol. The number of hydrogen-bond donors (Lipinski definition) is 0. The number of carbonyl (C=O) groups excluding carboxylic acids is 2. The smallest absolute Gasteiger partial charge is 0.224 e. The SMILES string of the molecule is O=C1C=C(c2ccccc2)O/C1=C/C(=O)c1ccc(Cl)cc1. The van der Waals surface area contributed by atoms with Gasteiger partial charge in [0.1, 0.15) is 5.76 Å². The van der Waals surface area contributed by atoms with E-state index in [1.807, 2.05) is 30.3 Å². The Morgan fingerprint density at radius 1 is 1.00 bits per heavy atom. The van der Waals surface area contributed by atoms with Gasteiger partial charge in [0.25, 0.3) is 0 Å². The zero-order valence-electron chi connectivity index (χ0n) is 11.5. The first kappa shape index (κ1) is 14.3. The average molecular weight is 311 g/mol. The van der Waals surface area contributed by atoms with Gasteiger partial charge in [0, 0.05) is 28.3 Å². The highest BCUT2D eigenvalue weighted by Crippen LogP contribution is 2.26. The molecule has 1 heterocycles. The van der Waals surface area contributed by atoms with Gasteiger partial charge < -0.3 is 4.74 Å². The number of rotatable bonds is 3. The van der Waals surface area contributed by atoms with Crippen LogP contribution in [0.2, 0.25) is 5.02 Å². The van der Waals surface area contributed by atoms with Crippen molar-refractivity contribution in [1.29, 1.82) is 0 Å². The molecule has 4 heteroatoms. The molecule has 0 atom stereocenters. The van der Waals surface area contributed by atoms with Gasteiger partial charge in [-0.05, 0) is 24.3 Å². The minimum atomic E-state index is -0.318. The van der Waals surface area contributed by atoms with Gasteiger partial charge in [-0.3, -0.25) is 9.59 Å². The third-order valence-electron chi connectivity index (χ3n) is 3.17. The second-order valence-electron chi connectivity index (χ2n) is 4.72. The van der Waals surface area contributed by atoms with Crippen molar-refractivity contribution in [2.45, 2.75) is 0 Å². The van der Waals surface area contributed by atoms with Gasteiger partial charge in [0.15, 0.2) is 11.5 Å². The van der Waals surface area contributed by atoms with Crippen LogP contribution < -0.4 is 0 Å². The first-order chi connectivity index (χ1) is 10.6. The van der Waals surface area contributed by atoms with E-state index < -0.39 is 0 Å². The molecule has 0 fully saturated rings. The van der Waals surface area contributed by atoms with Gasteiger partial charge in [-0.2, -0.15) is 0 Å². The van der Waals surface area contributed by atoms with E-state index in [-0.39, 0.29) is 17.3 Å². The van der Waals surface area contributed by atoms with Crippen molar-refractivity contribution in [3.05, 3.63) is 88.7 Å². The van der Waals surface area contributed by atoms with Crippen LogP contribution >= 0.6 is 11.6 Å². The topological polar surface area (TPSA) is 43.4 Å². The molecular weight excluding hydrogens is 300 g/mol. The largest absolute Gasteiger partial charge is 0.452 e. The Balaban J connectivity index is 1.81. The summed E-state index contributed by atoms with van der Waals surface area (Å²) in [7, 11) is 0. The van der Waals surface area contributed by atoms with E-state index in [4.69, 9.17) is 16.3 Å². The van der Waals surface area contributed by atoms with Gasteiger partial charge in [-0.15, -0.1) is 0 Å². The lowest BCUT2D eigenvalue weighted by atomic mass is 10.1. The molecule has 0 radical (unpaired) electrons. The standard InChI is InChI=1S/C18H11ClO3/c19-14-8-6-12(7-9-14)15(20)10-18-16(21)11-17(22-18)13-4-2-1-3-5-13/h1-11H/b18-10+.